The fourth-order valence-electron chi connectivity index (χ4n) is 2.21. The number of fused-ring (bicyclic) bond motifs is 1. The first-order valence-electron chi connectivity index (χ1n) is 5.80. The first-order chi connectivity index (χ1) is 8.56. The number of hydrogen-bond acceptors (Lipinski definition) is 3. The second-order valence-electron chi connectivity index (χ2n) is 4.19. The van der Waals surface area contributed by atoms with E-state index in [1.54, 1.807) is 6.92 Å². The summed E-state index contributed by atoms with van der Waals surface area (Å²) in [5, 5.41) is 9.11. The molecular weight excluding hydrogens is 234 g/mol. The molecule has 5 nitrogen and oxygen atoms in total. The van der Waals surface area contributed by atoms with Crippen LogP contribution in [0.3, 0.4) is 0 Å². The Hall–Kier alpha value is -1.88. The molecule has 18 heavy (non-hydrogen) atoms. The Morgan fingerprint density at radius 1 is 1.56 bits per heavy atom. The van der Waals surface area contributed by atoms with Gasteiger partial charge in [-0.1, -0.05) is 18.2 Å². The number of aryl methyl sites for hydroxylation is 1. The second kappa shape index (κ2) is 4.78. The van der Waals surface area contributed by atoms with E-state index < -0.39 is 12.2 Å². The molecule has 1 atom stereocenters. The number of nitrogens with zero attached hydrogens (tertiary/aromatic N) is 1. The molecule has 96 valence electrons. The zero-order chi connectivity index (χ0) is 13.3. The molecule has 1 heterocycles. The number of carbonyl (C=O) groups excluding carboxylic acids is 1. The first-order valence-corrected chi connectivity index (χ1v) is 5.80. The summed E-state index contributed by atoms with van der Waals surface area (Å²) >= 11 is 0. The summed E-state index contributed by atoms with van der Waals surface area (Å²) in [6.07, 6.45) is -1.21. The molecule has 1 aliphatic heterocycles. The number of hydrogen-bond donors (Lipinski definition) is 1. The third kappa shape index (κ3) is 1.97. The van der Waals surface area contributed by atoms with Gasteiger partial charge in [-0.3, -0.25) is 9.69 Å². The van der Waals surface area contributed by atoms with Crippen molar-refractivity contribution >= 4 is 11.9 Å². The number of aliphatic carboxylic acids is 1. The van der Waals surface area contributed by atoms with Gasteiger partial charge in [-0.25, -0.2) is 4.79 Å². The largest absolute Gasteiger partial charge is 0.478 e. The minimum Gasteiger partial charge on any atom is -0.478 e. The lowest BCUT2D eigenvalue weighted by atomic mass is 10.0. The molecule has 0 bridgehead atoms. The Bertz CT molecular complexity index is 498. The maximum atomic E-state index is 12.2. The van der Waals surface area contributed by atoms with Gasteiger partial charge in [-0.2, -0.15) is 0 Å². The van der Waals surface area contributed by atoms with E-state index in [1.807, 2.05) is 25.1 Å². The third-order valence-corrected chi connectivity index (χ3v) is 2.99. The lowest BCUT2D eigenvalue weighted by molar-refractivity contribution is -0.161. The molecule has 0 spiro atoms. The maximum absolute atomic E-state index is 12.2. The summed E-state index contributed by atoms with van der Waals surface area (Å²) in [6.45, 7) is 4.08. The minimum atomic E-state index is -1.21. The number of carbonyl (C=O) groups is 2. The molecule has 5 heteroatoms. The first kappa shape index (κ1) is 12.6. The molecule has 1 N–H and O–H groups in total. The number of rotatable bonds is 4. The van der Waals surface area contributed by atoms with E-state index in [4.69, 9.17) is 9.84 Å². The zero-order valence-electron chi connectivity index (χ0n) is 10.3. The van der Waals surface area contributed by atoms with Crippen LogP contribution in [0.15, 0.2) is 18.2 Å². The van der Waals surface area contributed by atoms with Crippen LogP contribution in [0.4, 0.5) is 0 Å². The van der Waals surface area contributed by atoms with Crippen LogP contribution in [-0.4, -0.2) is 34.7 Å². The van der Waals surface area contributed by atoms with Crippen LogP contribution >= 0.6 is 0 Å². The summed E-state index contributed by atoms with van der Waals surface area (Å²) in [7, 11) is 0. The van der Waals surface area contributed by atoms with E-state index in [-0.39, 0.29) is 19.1 Å². The highest BCUT2D eigenvalue weighted by atomic mass is 16.5. The Morgan fingerprint density at radius 3 is 2.83 bits per heavy atom. The smallest absolute Gasteiger partial charge is 0.354 e. The van der Waals surface area contributed by atoms with Crippen molar-refractivity contribution in [2.75, 3.05) is 6.61 Å². The summed E-state index contributed by atoms with van der Waals surface area (Å²) in [6, 6.07) is 5.54. The molecule has 1 aromatic carbocycles. The van der Waals surface area contributed by atoms with E-state index in [1.165, 1.54) is 4.90 Å². The van der Waals surface area contributed by atoms with Gasteiger partial charge in [-0.05, 0) is 25.0 Å². The second-order valence-corrected chi connectivity index (χ2v) is 4.19. The van der Waals surface area contributed by atoms with Gasteiger partial charge in [0, 0.05) is 18.7 Å². The number of amides is 1. The standard InChI is InChI=1S/C13H15NO4/c1-3-18-12(13(16)17)14-7-9-6-4-5-8(2)10(9)11(14)15/h4-6,12H,3,7H2,1-2H3,(H,16,17). The highest BCUT2D eigenvalue weighted by molar-refractivity contribution is 6.01. The summed E-state index contributed by atoms with van der Waals surface area (Å²) in [5.74, 6) is -1.42. The van der Waals surface area contributed by atoms with Crippen molar-refractivity contribution in [3.05, 3.63) is 34.9 Å². The molecule has 0 saturated carbocycles. The molecule has 1 aliphatic rings. The molecule has 0 aromatic heterocycles. The monoisotopic (exact) mass is 249 g/mol. The lowest BCUT2D eigenvalue weighted by Gasteiger charge is -2.23. The normalized spacial score (nSPS) is 15.7. The van der Waals surface area contributed by atoms with E-state index in [2.05, 4.69) is 0 Å². The Morgan fingerprint density at radius 2 is 2.28 bits per heavy atom. The summed E-state index contributed by atoms with van der Waals surface area (Å²) in [5.41, 5.74) is 2.31. The van der Waals surface area contributed by atoms with Crippen LogP contribution in [0.5, 0.6) is 0 Å². The molecule has 1 amide bonds. The Balaban J connectivity index is 2.33. The molecule has 0 fully saturated rings. The molecular formula is C13H15NO4. The SMILES string of the molecule is CCOC(C(=O)O)N1Cc2cccc(C)c2C1=O. The topological polar surface area (TPSA) is 66.8 Å². The van der Waals surface area contributed by atoms with Crippen molar-refractivity contribution in [3.8, 4) is 0 Å². The van der Waals surface area contributed by atoms with Gasteiger partial charge >= 0.3 is 5.97 Å². The van der Waals surface area contributed by atoms with Crippen molar-refractivity contribution in [3.63, 3.8) is 0 Å². The van der Waals surface area contributed by atoms with Crippen LogP contribution in [0.2, 0.25) is 0 Å². The van der Waals surface area contributed by atoms with Crippen LogP contribution in [0, 0.1) is 6.92 Å². The van der Waals surface area contributed by atoms with Gasteiger partial charge in [0.15, 0.2) is 0 Å². The van der Waals surface area contributed by atoms with Crippen molar-refractivity contribution in [1.82, 2.24) is 4.90 Å². The van der Waals surface area contributed by atoms with Gasteiger partial charge in [0.05, 0.1) is 0 Å². The van der Waals surface area contributed by atoms with Crippen molar-refractivity contribution in [2.24, 2.45) is 0 Å². The van der Waals surface area contributed by atoms with E-state index in [0.29, 0.717) is 5.56 Å². The van der Waals surface area contributed by atoms with Gasteiger partial charge in [0.2, 0.25) is 6.23 Å². The third-order valence-electron chi connectivity index (χ3n) is 2.99. The van der Waals surface area contributed by atoms with Crippen molar-refractivity contribution in [1.29, 1.82) is 0 Å². The van der Waals surface area contributed by atoms with Gasteiger partial charge < -0.3 is 9.84 Å². The van der Waals surface area contributed by atoms with E-state index >= 15 is 0 Å². The highest BCUT2D eigenvalue weighted by Crippen LogP contribution is 2.27. The fraction of sp³-hybridized carbons (Fsp3) is 0.385. The summed E-state index contributed by atoms with van der Waals surface area (Å²) in [4.78, 5) is 24.6. The number of carboxylic acids is 1. The average molecular weight is 249 g/mol. The Labute approximate surface area is 105 Å². The van der Waals surface area contributed by atoms with Crippen LogP contribution in [0.25, 0.3) is 0 Å². The molecule has 0 radical (unpaired) electrons. The minimum absolute atomic E-state index is 0.246. The van der Waals surface area contributed by atoms with Gasteiger partial charge in [0.1, 0.15) is 0 Å². The van der Waals surface area contributed by atoms with Crippen LogP contribution in [0.1, 0.15) is 28.4 Å². The van der Waals surface area contributed by atoms with Crippen LogP contribution in [-0.2, 0) is 16.1 Å². The predicted octanol–water partition coefficient (Wildman–Crippen LogP) is 1.40. The predicted molar refractivity (Wildman–Crippen MR) is 64.1 cm³/mol. The fourth-order valence-corrected chi connectivity index (χ4v) is 2.21. The molecule has 1 aromatic rings. The summed E-state index contributed by atoms with van der Waals surface area (Å²) < 4.78 is 5.13. The van der Waals surface area contributed by atoms with E-state index in [0.717, 1.165) is 11.1 Å². The number of carboxylic acid groups (broad SMARTS) is 1. The molecule has 1 unspecified atom stereocenters. The van der Waals surface area contributed by atoms with Crippen molar-refractivity contribution in [2.45, 2.75) is 26.6 Å². The highest BCUT2D eigenvalue weighted by Gasteiger charge is 2.37. The lowest BCUT2D eigenvalue weighted by Crippen LogP contribution is -2.43. The molecule has 0 aliphatic carbocycles. The number of ether oxygens (including phenoxy) is 1. The zero-order valence-corrected chi connectivity index (χ0v) is 10.3. The Kier molecular flexibility index (Phi) is 3.34. The van der Waals surface area contributed by atoms with Crippen LogP contribution < -0.4 is 0 Å². The maximum Gasteiger partial charge on any atom is 0.354 e. The average Bonchev–Trinajstić information content (AvgIpc) is 2.64. The number of benzene rings is 1. The van der Waals surface area contributed by atoms with Gasteiger partial charge in [-0.15, -0.1) is 0 Å². The van der Waals surface area contributed by atoms with E-state index in [9.17, 15) is 9.59 Å². The molecule has 2 rings (SSSR count). The van der Waals surface area contributed by atoms with Gasteiger partial charge in [0.25, 0.3) is 5.91 Å². The molecule has 0 saturated heterocycles. The van der Waals surface area contributed by atoms with Crippen molar-refractivity contribution < 1.29 is 19.4 Å². The quantitative estimate of drug-likeness (QED) is 0.875.